The molecule has 21 heavy (non-hydrogen) atoms. The first-order valence-electron chi connectivity index (χ1n) is 6.89. The van der Waals surface area contributed by atoms with Crippen molar-refractivity contribution in [2.45, 2.75) is 31.1 Å². The van der Waals surface area contributed by atoms with Crippen LogP contribution in [0.3, 0.4) is 0 Å². The van der Waals surface area contributed by atoms with Gasteiger partial charge in [-0.25, -0.2) is 4.98 Å². The van der Waals surface area contributed by atoms with Crippen LogP contribution in [0.15, 0.2) is 34.8 Å². The zero-order valence-electron chi connectivity index (χ0n) is 12.2. The van der Waals surface area contributed by atoms with Crippen molar-refractivity contribution in [3.05, 3.63) is 40.6 Å². The Labute approximate surface area is 133 Å². The van der Waals surface area contributed by atoms with Crippen LogP contribution in [0.5, 0.6) is 0 Å². The highest BCUT2D eigenvalue weighted by molar-refractivity contribution is 8.00. The summed E-state index contributed by atoms with van der Waals surface area (Å²) in [6, 6.07) is 3.81. The summed E-state index contributed by atoms with van der Waals surface area (Å²) in [5, 5.41) is 6.16. The zero-order chi connectivity index (χ0) is 15.1. The van der Waals surface area contributed by atoms with Crippen LogP contribution in [-0.2, 0) is 11.2 Å². The molecule has 0 aliphatic heterocycles. The maximum absolute atomic E-state index is 11.8. The monoisotopic (exact) mass is 321 g/mol. The number of pyridine rings is 1. The predicted molar refractivity (Wildman–Crippen MR) is 87.9 cm³/mol. The topological polar surface area (TPSA) is 54.9 Å². The lowest BCUT2D eigenvalue weighted by Crippen LogP contribution is -2.27. The number of thiazole rings is 1. The smallest absolute Gasteiger partial charge is 0.230 e. The summed E-state index contributed by atoms with van der Waals surface area (Å²) in [6.07, 6.45) is 4.25. The van der Waals surface area contributed by atoms with E-state index >= 15 is 0 Å². The van der Waals surface area contributed by atoms with E-state index in [1.165, 1.54) is 11.8 Å². The van der Waals surface area contributed by atoms with E-state index in [-0.39, 0.29) is 5.91 Å². The van der Waals surface area contributed by atoms with Gasteiger partial charge in [0.25, 0.3) is 0 Å². The van der Waals surface area contributed by atoms with Crippen LogP contribution in [0.1, 0.15) is 30.5 Å². The number of aromatic nitrogens is 2. The van der Waals surface area contributed by atoms with Gasteiger partial charge in [0, 0.05) is 41.6 Å². The first-order valence-corrected chi connectivity index (χ1v) is 8.75. The molecule has 0 fully saturated rings. The van der Waals surface area contributed by atoms with E-state index in [0.717, 1.165) is 22.0 Å². The highest BCUT2D eigenvalue weighted by Gasteiger charge is 2.07. The minimum atomic E-state index is 0.0520. The van der Waals surface area contributed by atoms with Crippen molar-refractivity contribution in [1.82, 2.24) is 15.3 Å². The van der Waals surface area contributed by atoms with Crippen LogP contribution in [0.2, 0.25) is 0 Å². The van der Waals surface area contributed by atoms with Gasteiger partial charge in [-0.2, -0.15) is 0 Å². The summed E-state index contributed by atoms with van der Waals surface area (Å²) in [6.45, 7) is 4.92. The van der Waals surface area contributed by atoms with Gasteiger partial charge in [0.15, 0.2) is 0 Å². The number of nitrogens with one attached hydrogen (secondary N) is 1. The van der Waals surface area contributed by atoms with Gasteiger partial charge in [0.1, 0.15) is 0 Å². The maximum Gasteiger partial charge on any atom is 0.230 e. The molecule has 0 spiro atoms. The van der Waals surface area contributed by atoms with Crippen molar-refractivity contribution in [3.63, 3.8) is 0 Å². The summed E-state index contributed by atoms with van der Waals surface area (Å²) < 4.78 is 0. The van der Waals surface area contributed by atoms with Gasteiger partial charge in [-0.15, -0.1) is 23.1 Å². The molecular formula is C15H19N3OS2. The molecule has 0 radical (unpaired) electrons. The van der Waals surface area contributed by atoms with E-state index in [4.69, 9.17) is 0 Å². The molecule has 0 bridgehead atoms. The molecular weight excluding hydrogens is 302 g/mol. The minimum Gasteiger partial charge on any atom is -0.355 e. The molecule has 4 nitrogen and oxygen atoms in total. The van der Waals surface area contributed by atoms with Crippen molar-refractivity contribution in [2.75, 3.05) is 12.3 Å². The molecule has 0 aromatic carbocycles. The zero-order valence-corrected chi connectivity index (χ0v) is 13.8. The molecule has 2 aromatic heterocycles. The Hall–Kier alpha value is -1.40. The number of rotatable bonds is 7. The number of hydrogen-bond donors (Lipinski definition) is 1. The molecule has 1 N–H and O–H groups in total. The third-order valence-corrected chi connectivity index (χ3v) is 4.99. The molecule has 1 amide bonds. The van der Waals surface area contributed by atoms with Gasteiger partial charge in [0.2, 0.25) is 5.91 Å². The van der Waals surface area contributed by atoms with E-state index in [0.29, 0.717) is 18.2 Å². The van der Waals surface area contributed by atoms with Gasteiger partial charge < -0.3 is 5.32 Å². The Morgan fingerprint density at radius 2 is 2.14 bits per heavy atom. The molecule has 0 unspecified atom stereocenters. The number of hydrogen-bond acceptors (Lipinski definition) is 5. The lowest BCUT2D eigenvalue weighted by atomic mass is 10.2. The first-order chi connectivity index (χ1) is 10.1. The number of carbonyl (C=O) groups excluding carboxylic acids is 1. The normalized spacial score (nSPS) is 10.8. The second-order valence-electron chi connectivity index (χ2n) is 4.90. The molecule has 112 valence electrons. The third-order valence-electron chi connectivity index (χ3n) is 2.79. The maximum atomic E-state index is 11.8. The average molecular weight is 321 g/mol. The van der Waals surface area contributed by atoms with Gasteiger partial charge in [-0.3, -0.25) is 9.78 Å². The SMILES string of the molecule is CC(C)c1nc(CCNC(=O)CSc2ccncc2)cs1. The fourth-order valence-electron chi connectivity index (χ4n) is 1.67. The number of carbonyl (C=O) groups is 1. The van der Waals surface area contributed by atoms with Crippen molar-refractivity contribution >= 4 is 29.0 Å². The van der Waals surface area contributed by atoms with E-state index in [1.807, 2.05) is 12.1 Å². The lowest BCUT2D eigenvalue weighted by Gasteiger charge is -2.04. The summed E-state index contributed by atoms with van der Waals surface area (Å²) in [7, 11) is 0. The molecule has 2 aromatic rings. The van der Waals surface area contributed by atoms with Crippen LogP contribution in [0.4, 0.5) is 0 Å². The molecule has 0 atom stereocenters. The van der Waals surface area contributed by atoms with Crippen molar-refractivity contribution in [3.8, 4) is 0 Å². The Morgan fingerprint density at radius 1 is 1.38 bits per heavy atom. The summed E-state index contributed by atoms with van der Waals surface area (Å²) in [5.74, 6) is 0.949. The predicted octanol–water partition coefficient (Wildman–Crippen LogP) is 3.11. The standard InChI is InChI=1S/C15H19N3OS2/c1-11(2)15-18-12(9-21-15)3-8-17-14(19)10-20-13-4-6-16-7-5-13/h4-7,9,11H,3,8,10H2,1-2H3,(H,17,19). The highest BCUT2D eigenvalue weighted by Crippen LogP contribution is 2.19. The quantitative estimate of drug-likeness (QED) is 0.796. The van der Waals surface area contributed by atoms with Gasteiger partial charge in [-0.1, -0.05) is 13.8 Å². The van der Waals surface area contributed by atoms with Gasteiger partial charge in [0.05, 0.1) is 16.5 Å². The van der Waals surface area contributed by atoms with Crippen LogP contribution in [-0.4, -0.2) is 28.2 Å². The molecule has 2 heterocycles. The Morgan fingerprint density at radius 3 is 2.81 bits per heavy atom. The van der Waals surface area contributed by atoms with Gasteiger partial charge in [-0.05, 0) is 12.1 Å². The Kier molecular flexibility index (Phi) is 6.20. The second-order valence-corrected chi connectivity index (χ2v) is 6.84. The second kappa shape index (κ2) is 8.14. The van der Waals surface area contributed by atoms with Crippen molar-refractivity contribution < 1.29 is 4.79 Å². The summed E-state index contributed by atoms with van der Waals surface area (Å²) in [5.41, 5.74) is 1.06. The lowest BCUT2D eigenvalue weighted by molar-refractivity contribution is -0.118. The summed E-state index contributed by atoms with van der Waals surface area (Å²) >= 11 is 3.21. The van der Waals surface area contributed by atoms with Crippen LogP contribution >= 0.6 is 23.1 Å². The van der Waals surface area contributed by atoms with Crippen LogP contribution in [0, 0.1) is 0 Å². The van der Waals surface area contributed by atoms with Crippen LogP contribution in [0.25, 0.3) is 0 Å². The van der Waals surface area contributed by atoms with E-state index in [1.54, 1.807) is 23.7 Å². The molecule has 0 aliphatic carbocycles. The van der Waals surface area contributed by atoms with Crippen LogP contribution < -0.4 is 5.32 Å². The fraction of sp³-hybridized carbons (Fsp3) is 0.400. The molecule has 0 aliphatic rings. The molecule has 0 saturated carbocycles. The molecule has 6 heteroatoms. The molecule has 2 rings (SSSR count). The van der Waals surface area contributed by atoms with Gasteiger partial charge >= 0.3 is 0 Å². The number of nitrogens with zero attached hydrogens (tertiary/aromatic N) is 2. The third kappa shape index (κ3) is 5.47. The summed E-state index contributed by atoms with van der Waals surface area (Å²) in [4.78, 5) is 21.3. The largest absolute Gasteiger partial charge is 0.355 e. The highest BCUT2D eigenvalue weighted by atomic mass is 32.2. The number of amides is 1. The Bertz CT molecular complexity index is 569. The molecule has 0 saturated heterocycles. The van der Waals surface area contributed by atoms with E-state index < -0.39 is 0 Å². The van der Waals surface area contributed by atoms with E-state index in [2.05, 4.69) is 34.5 Å². The Balaban J connectivity index is 1.67. The first kappa shape index (κ1) is 16.0. The minimum absolute atomic E-state index is 0.0520. The van der Waals surface area contributed by atoms with Crippen molar-refractivity contribution in [1.29, 1.82) is 0 Å². The average Bonchev–Trinajstić information content (AvgIpc) is 2.95. The van der Waals surface area contributed by atoms with Crippen molar-refractivity contribution in [2.24, 2.45) is 0 Å². The fourth-order valence-corrected chi connectivity index (χ4v) is 3.25. The van der Waals surface area contributed by atoms with E-state index in [9.17, 15) is 4.79 Å². The number of thioether (sulfide) groups is 1.